The van der Waals surface area contributed by atoms with Gasteiger partial charge < -0.3 is 21.1 Å². The molecule has 3 aromatic carbocycles. The number of nitrogens with one attached hydrogen (secondary N) is 3. The lowest BCUT2D eigenvalue weighted by molar-refractivity contribution is -0.139. The minimum atomic E-state index is -1.06. The number of urea groups is 1. The normalized spacial score (nSPS) is 14.7. The maximum Gasteiger partial charge on any atom is 0.326 e. The van der Waals surface area contributed by atoms with Crippen molar-refractivity contribution in [1.29, 1.82) is 0 Å². The summed E-state index contributed by atoms with van der Waals surface area (Å²) in [5.74, 6) is -1.33. The van der Waals surface area contributed by atoms with E-state index in [-0.39, 0.29) is 17.2 Å². The van der Waals surface area contributed by atoms with E-state index in [1.165, 1.54) is 6.42 Å². The molecule has 0 unspecified atom stereocenters. The second-order valence-electron chi connectivity index (χ2n) is 9.36. The van der Waals surface area contributed by atoms with Gasteiger partial charge in [0.25, 0.3) is 5.91 Å². The number of carboxylic acid groups (broad SMARTS) is 1. The zero-order valence-electron chi connectivity index (χ0n) is 20.1. The molecule has 0 aliphatic heterocycles. The van der Waals surface area contributed by atoms with Crippen molar-refractivity contribution in [3.05, 3.63) is 70.7 Å². The number of aliphatic carboxylic acids is 1. The molecule has 0 saturated heterocycles. The molecule has 3 amide bonds. The van der Waals surface area contributed by atoms with E-state index in [2.05, 4.69) is 16.0 Å². The van der Waals surface area contributed by atoms with Crippen LogP contribution in [0.25, 0.3) is 10.8 Å². The van der Waals surface area contributed by atoms with Crippen molar-refractivity contribution < 1.29 is 19.5 Å². The van der Waals surface area contributed by atoms with Gasteiger partial charge in [0.2, 0.25) is 0 Å². The minimum Gasteiger partial charge on any atom is -0.480 e. The summed E-state index contributed by atoms with van der Waals surface area (Å²) in [4.78, 5) is 38.2. The highest BCUT2D eigenvalue weighted by Crippen LogP contribution is 2.29. The molecule has 1 aliphatic carbocycles. The molecule has 8 heteroatoms. The maximum atomic E-state index is 13.3. The molecule has 7 nitrogen and oxygen atoms in total. The van der Waals surface area contributed by atoms with Crippen molar-refractivity contribution in [2.24, 2.45) is 5.92 Å². The summed E-state index contributed by atoms with van der Waals surface area (Å²) >= 11 is 6.24. The van der Waals surface area contributed by atoms with Crippen molar-refractivity contribution in [2.45, 2.75) is 51.5 Å². The fourth-order valence-corrected chi connectivity index (χ4v) is 5.07. The minimum absolute atomic E-state index is 0.189. The Hall–Kier alpha value is -3.58. The summed E-state index contributed by atoms with van der Waals surface area (Å²) < 4.78 is 0. The van der Waals surface area contributed by atoms with E-state index in [1.54, 1.807) is 24.3 Å². The van der Waals surface area contributed by atoms with Crippen LogP contribution in [0.15, 0.2) is 54.6 Å². The van der Waals surface area contributed by atoms with Gasteiger partial charge in [0.05, 0.1) is 22.0 Å². The highest BCUT2D eigenvalue weighted by Gasteiger charge is 2.27. The summed E-state index contributed by atoms with van der Waals surface area (Å²) in [6, 6.07) is 14.6. The summed E-state index contributed by atoms with van der Waals surface area (Å²) in [6.07, 6.45) is 5.69. The van der Waals surface area contributed by atoms with E-state index >= 15 is 0 Å². The SMILES string of the molecule is Cc1cccc(Cl)c1NC(=O)Nc1cc2ccccc2cc1C(=O)N[C@@H](CC1CCCCC1)C(=O)O. The smallest absolute Gasteiger partial charge is 0.326 e. The second-order valence-corrected chi connectivity index (χ2v) is 9.77. The molecule has 0 aromatic heterocycles. The van der Waals surface area contributed by atoms with Crippen molar-refractivity contribution in [2.75, 3.05) is 10.6 Å². The Morgan fingerprint density at radius 3 is 2.33 bits per heavy atom. The van der Waals surface area contributed by atoms with E-state index in [0.29, 0.717) is 17.1 Å². The van der Waals surface area contributed by atoms with Gasteiger partial charge in [-0.05, 0) is 53.8 Å². The molecular weight excluding hydrogens is 478 g/mol. The van der Waals surface area contributed by atoms with Gasteiger partial charge in [0, 0.05) is 0 Å². The van der Waals surface area contributed by atoms with Gasteiger partial charge in [-0.3, -0.25) is 4.79 Å². The lowest BCUT2D eigenvalue weighted by Crippen LogP contribution is -2.42. The van der Waals surface area contributed by atoms with Crippen molar-refractivity contribution in [3.8, 4) is 0 Å². The van der Waals surface area contributed by atoms with E-state index in [0.717, 1.165) is 42.0 Å². The van der Waals surface area contributed by atoms with E-state index in [1.807, 2.05) is 37.3 Å². The monoisotopic (exact) mass is 507 g/mol. The summed E-state index contributed by atoms with van der Waals surface area (Å²) in [7, 11) is 0. The van der Waals surface area contributed by atoms with Gasteiger partial charge in [-0.2, -0.15) is 0 Å². The Morgan fingerprint density at radius 1 is 0.972 bits per heavy atom. The first-order chi connectivity index (χ1) is 17.3. The topological polar surface area (TPSA) is 108 Å². The highest BCUT2D eigenvalue weighted by atomic mass is 35.5. The van der Waals surface area contributed by atoms with E-state index in [9.17, 15) is 19.5 Å². The first-order valence-electron chi connectivity index (χ1n) is 12.2. The Kier molecular flexibility index (Phi) is 8.10. The number of fused-ring (bicyclic) bond motifs is 1. The Bertz CT molecular complexity index is 1270. The number of amides is 3. The standard InChI is InChI=1S/C28H30ClN3O4/c1-17-8-7-13-22(29)25(17)32-28(36)31-23-16-20-12-6-5-11-19(20)15-21(23)26(33)30-24(27(34)35)14-18-9-3-2-4-10-18/h5-8,11-13,15-16,18,24H,2-4,9-10,14H2,1H3,(H,30,33)(H,34,35)(H2,31,32,36)/t24-/m0/s1. The van der Waals surface area contributed by atoms with E-state index in [4.69, 9.17) is 11.6 Å². The Morgan fingerprint density at radius 2 is 1.67 bits per heavy atom. The molecule has 0 radical (unpaired) electrons. The van der Waals surface area contributed by atoms with Crippen LogP contribution in [-0.2, 0) is 4.79 Å². The molecule has 1 atom stereocenters. The third-order valence-electron chi connectivity index (χ3n) is 6.74. The lowest BCUT2D eigenvalue weighted by Gasteiger charge is -2.25. The van der Waals surface area contributed by atoms with Gasteiger partial charge in [-0.15, -0.1) is 0 Å². The highest BCUT2D eigenvalue weighted by molar-refractivity contribution is 6.34. The van der Waals surface area contributed by atoms with Gasteiger partial charge in [-0.1, -0.05) is 80.1 Å². The van der Waals surface area contributed by atoms with Gasteiger partial charge in [0.15, 0.2) is 0 Å². The van der Waals surface area contributed by atoms with Crippen LogP contribution in [0.5, 0.6) is 0 Å². The number of anilines is 2. The number of hydrogen-bond donors (Lipinski definition) is 4. The van der Waals surface area contributed by atoms with Gasteiger partial charge >= 0.3 is 12.0 Å². The number of hydrogen-bond acceptors (Lipinski definition) is 3. The molecule has 4 N–H and O–H groups in total. The number of halogens is 1. The van der Waals surface area contributed by atoms with Crippen LogP contribution >= 0.6 is 11.6 Å². The average Bonchev–Trinajstić information content (AvgIpc) is 2.86. The fraction of sp³-hybridized carbons (Fsp3) is 0.321. The molecule has 36 heavy (non-hydrogen) atoms. The number of benzene rings is 3. The van der Waals surface area contributed by atoms with Crippen LogP contribution in [0, 0.1) is 12.8 Å². The third kappa shape index (κ3) is 6.15. The molecule has 4 rings (SSSR count). The molecular formula is C28H30ClN3O4. The summed E-state index contributed by atoms with van der Waals surface area (Å²) in [5, 5.41) is 20.0. The van der Waals surface area contributed by atoms with E-state index < -0.39 is 23.9 Å². The Balaban J connectivity index is 1.59. The predicted molar refractivity (Wildman–Crippen MR) is 143 cm³/mol. The van der Waals surface area contributed by atoms with Crippen molar-refractivity contribution in [3.63, 3.8) is 0 Å². The predicted octanol–water partition coefficient (Wildman–Crippen LogP) is 6.60. The zero-order valence-corrected chi connectivity index (χ0v) is 20.9. The molecule has 0 bridgehead atoms. The third-order valence-corrected chi connectivity index (χ3v) is 7.05. The first-order valence-corrected chi connectivity index (χ1v) is 12.6. The van der Waals surface area contributed by atoms with Crippen LogP contribution < -0.4 is 16.0 Å². The number of carbonyl (C=O) groups excluding carboxylic acids is 2. The molecule has 1 saturated carbocycles. The lowest BCUT2D eigenvalue weighted by atomic mass is 9.85. The quantitative estimate of drug-likeness (QED) is 0.289. The number of para-hydroxylation sites is 1. The average molecular weight is 508 g/mol. The Labute approximate surface area is 215 Å². The van der Waals surface area contributed by atoms with Gasteiger partial charge in [-0.25, -0.2) is 9.59 Å². The molecule has 1 aliphatic rings. The van der Waals surface area contributed by atoms with Crippen molar-refractivity contribution >= 4 is 51.7 Å². The summed E-state index contributed by atoms with van der Waals surface area (Å²) in [5.41, 5.74) is 1.73. The number of carbonyl (C=O) groups is 3. The van der Waals surface area contributed by atoms with Crippen LogP contribution in [0.2, 0.25) is 5.02 Å². The maximum absolute atomic E-state index is 13.3. The largest absolute Gasteiger partial charge is 0.480 e. The number of rotatable bonds is 7. The summed E-state index contributed by atoms with van der Waals surface area (Å²) in [6.45, 7) is 1.83. The first kappa shape index (κ1) is 25.5. The number of aryl methyl sites for hydroxylation is 1. The fourth-order valence-electron chi connectivity index (χ4n) is 4.80. The van der Waals surface area contributed by atoms with Crippen LogP contribution in [-0.4, -0.2) is 29.1 Å². The zero-order chi connectivity index (χ0) is 25.7. The second kappa shape index (κ2) is 11.4. The van der Waals surface area contributed by atoms with Gasteiger partial charge in [0.1, 0.15) is 6.04 Å². The number of carboxylic acids is 1. The van der Waals surface area contributed by atoms with Crippen LogP contribution in [0.4, 0.5) is 16.2 Å². The molecule has 0 heterocycles. The molecule has 3 aromatic rings. The van der Waals surface area contributed by atoms with Crippen molar-refractivity contribution in [1.82, 2.24) is 5.32 Å². The molecule has 188 valence electrons. The van der Waals surface area contributed by atoms with Crippen LogP contribution in [0.3, 0.4) is 0 Å². The molecule has 1 fully saturated rings. The van der Waals surface area contributed by atoms with Crippen LogP contribution in [0.1, 0.15) is 54.4 Å². The molecule has 0 spiro atoms.